The zero-order chi connectivity index (χ0) is 17.5. The highest BCUT2D eigenvalue weighted by atomic mass is 16.5. The lowest BCUT2D eigenvalue weighted by molar-refractivity contribution is -0.131. The summed E-state index contributed by atoms with van der Waals surface area (Å²) in [6.07, 6.45) is 2.35. The maximum absolute atomic E-state index is 12.1. The van der Waals surface area contributed by atoms with Crippen molar-refractivity contribution in [2.75, 3.05) is 6.61 Å². The van der Waals surface area contributed by atoms with Crippen LogP contribution in [0.4, 0.5) is 0 Å². The normalized spacial score (nSPS) is 15.5. The fourth-order valence-electron chi connectivity index (χ4n) is 1.97. The van der Waals surface area contributed by atoms with Crippen molar-refractivity contribution in [1.82, 2.24) is 10.8 Å². The lowest BCUT2D eigenvalue weighted by Gasteiger charge is -2.20. The van der Waals surface area contributed by atoms with Crippen molar-refractivity contribution in [2.24, 2.45) is 11.7 Å². The summed E-state index contributed by atoms with van der Waals surface area (Å²) in [4.78, 5) is 23.6. The topological polar surface area (TPSA) is 114 Å². The Kier molecular flexibility index (Phi) is 6.18. The van der Waals surface area contributed by atoms with Gasteiger partial charge in [0.25, 0.3) is 11.8 Å². The Bertz CT molecular complexity index is 642. The van der Waals surface area contributed by atoms with Gasteiger partial charge in [-0.3, -0.25) is 14.8 Å². The SMILES string of the molecule is CC(N)C(NC(=O)c1ccc(OCC#CC2CC2)cc1)C(=O)NO. The van der Waals surface area contributed by atoms with Crippen molar-refractivity contribution < 1.29 is 19.5 Å². The van der Waals surface area contributed by atoms with Crippen molar-refractivity contribution in [1.29, 1.82) is 0 Å². The number of rotatable bonds is 6. The zero-order valence-electron chi connectivity index (χ0n) is 13.4. The Balaban J connectivity index is 1.90. The van der Waals surface area contributed by atoms with Crippen LogP contribution in [0.15, 0.2) is 24.3 Å². The summed E-state index contributed by atoms with van der Waals surface area (Å²) < 4.78 is 5.47. The summed E-state index contributed by atoms with van der Waals surface area (Å²) in [6.45, 7) is 1.87. The third-order valence-corrected chi connectivity index (χ3v) is 3.52. The van der Waals surface area contributed by atoms with Gasteiger partial charge in [-0.1, -0.05) is 11.8 Å². The van der Waals surface area contributed by atoms with Gasteiger partial charge < -0.3 is 15.8 Å². The molecule has 1 fully saturated rings. The van der Waals surface area contributed by atoms with E-state index < -0.39 is 23.9 Å². The minimum Gasteiger partial charge on any atom is -0.481 e. The second-order valence-electron chi connectivity index (χ2n) is 5.69. The van der Waals surface area contributed by atoms with E-state index in [2.05, 4.69) is 17.2 Å². The molecule has 128 valence electrons. The fourth-order valence-corrected chi connectivity index (χ4v) is 1.97. The molecule has 1 aliphatic carbocycles. The molecule has 5 N–H and O–H groups in total. The standard InChI is InChI=1S/C17H21N3O4/c1-11(18)15(17(22)20-23)19-16(21)13-6-8-14(9-7-13)24-10-2-3-12-4-5-12/h6-9,11-12,15,23H,4-5,10,18H2,1H3,(H,19,21)(H,20,22). The van der Waals surface area contributed by atoms with E-state index in [1.54, 1.807) is 31.2 Å². The summed E-state index contributed by atoms with van der Waals surface area (Å²) in [7, 11) is 0. The Morgan fingerprint density at radius 2 is 2.04 bits per heavy atom. The van der Waals surface area contributed by atoms with E-state index in [4.69, 9.17) is 15.7 Å². The van der Waals surface area contributed by atoms with Crippen LogP contribution >= 0.6 is 0 Å². The van der Waals surface area contributed by atoms with E-state index in [0.29, 0.717) is 23.8 Å². The zero-order valence-corrected chi connectivity index (χ0v) is 13.4. The molecular weight excluding hydrogens is 310 g/mol. The van der Waals surface area contributed by atoms with Crippen molar-refractivity contribution in [3.8, 4) is 17.6 Å². The van der Waals surface area contributed by atoms with E-state index in [1.165, 1.54) is 18.3 Å². The first-order valence-corrected chi connectivity index (χ1v) is 7.73. The predicted molar refractivity (Wildman–Crippen MR) is 87.3 cm³/mol. The van der Waals surface area contributed by atoms with Gasteiger partial charge >= 0.3 is 0 Å². The quantitative estimate of drug-likeness (QED) is 0.343. The lowest BCUT2D eigenvalue weighted by Crippen LogP contribution is -2.54. The summed E-state index contributed by atoms with van der Waals surface area (Å²) in [5.74, 6) is 5.95. The first-order chi connectivity index (χ1) is 11.5. The van der Waals surface area contributed by atoms with Crippen LogP contribution in [0.1, 0.15) is 30.1 Å². The average molecular weight is 331 g/mol. The van der Waals surface area contributed by atoms with Gasteiger partial charge in [0.15, 0.2) is 0 Å². The smallest absolute Gasteiger partial charge is 0.267 e. The number of hydrogen-bond acceptors (Lipinski definition) is 5. The molecule has 2 atom stereocenters. The van der Waals surface area contributed by atoms with Crippen molar-refractivity contribution in [3.63, 3.8) is 0 Å². The summed E-state index contributed by atoms with van der Waals surface area (Å²) in [5.41, 5.74) is 7.47. The van der Waals surface area contributed by atoms with Gasteiger partial charge in [0, 0.05) is 17.5 Å². The molecular formula is C17H21N3O4. The molecule has 2 unspecified atom stereocenters. The van der Waals surface area contributed by atoms with Crippen LogP contribution in [0.3, 0.4) is 0 Å². The molecule has 1 saturated carbocycles. The maximum Gasteiger partial charge on any atom is 0.267 e. The minimum atomic E-state index is -1.03. The molecule has 24 heavy (non-hydrogen) atoms. The minimum absolute atomic E-state index is 0.311. The largest absolute Gasteiger partial charge is 0.481 e. The third kappa shape index (κ3) is 5.26. The number of carbonyl (C=O) groups is 2. The third-order valence-electron chi connectivity index (χ3n) is 3.52. The first kappa shape index (κ1) is 17.8. The van der Waals surface area contributed by atoms with Crippen LogP contribution in [0, 0.1) is 17.8 Å². The molecule has 2 rings (SSSR count). The Morgan fingerprint density at radius 1 is 1.38 bits per heavy atom. The van der Waals surface area contributed by atoms with E-state index in [1.807, 2.05) is 0 Å². The summed E-state index contributed by atoms with van der Waals surface area (Å²) >= 11 is 0. The Labute approximate surface area is 140 Å². The van der Waals surface area contributed by atoms with Gasteiger partial charge in [-0.05, 0) is 44.0 Å². The molecule has 1 aromatic rings. The number of carbonyl (C=O) groups excluding carboxylic acids is 2. The summed E-state index contributed by atoms with van der Waals surface area (Å²) in [5, 5.41) is 11.2. The van der Waals surface area contributed by atoms with Crippen LogP contribution in [-0.4, -0.2) is 35.7 Å². The van der Waals surface area contributed by atoms with Crippen molar-refractivity contribution in [2.45, 2.75) is 31.8 Å². The molecule has 0 bridgehead atoms. The molecule has 0 spiro atoms. The summed E-state index contributed by atoms with van der Waals surface area (Å²) in [6, 6.07) is 4.77. The molecule has 2 amide bonds. The monoisotopic (exact) mass is 331 g/mol. The predicted octanol–water partition coefficient (Wildman–Crippen LogP) is 0.430. The van der Waals surface area contributed by atoms with Crippen LogP contribution < -0.4 is 21.3 Å². The fraction of sp³-hybridized carbons (Fsp3) is 0.412. The van der Waals surface area contributed by atoms with Crippen LogP contribution in [-0.2, 0) is 4.79 Å². The number of hydrogen-bond donors (Lipinski definition) is 4. The highest BCUT2D eigenvalue weighted by Crippen LogP contribution is 2.27. The molecule has 1 aliphatic rings. The molecule has 0 saturated heterocycles. The number of hydroxylamine groups is 1. The van der Waals surface area contributed by atoms with Gasteiger partial charge in [-0.2, -0.15) is 0 Å². The van der Waals surface area contributed by atoms with Gasteiger partial charge in [0.05, 0.1) is 0 Å². The number of amides is 2. The van der Waals surface area contributed by atoms with E-state index in [0.717, 1.165) is 0 Å². The van der Waals surface area contributed by atoms with Crippen molar-refractivity contribution in [3.05, 3.63) is 29.8 Å². The molecule has 0 heterocycles. The van der Waals surface area contributed by atoms with Crippen molar-refractivity contribution >= 4 is 11.8 Å². The molecule has 7 nitrogen and oxygen atoms in total. The molecule has 7 heteroatoms. The number of benzene rings is 1. The van der Waals surface area contributed by atoms with E-state index >= 15 is 0 Å². The average Bonchev–Trinajstić information content (AvgIpc) is 3.40. The van der Waals surface area contributed by atoms with E-state index in [-0.39, 0.29) is 0 Å². The number of nitrogens with two attached hydrogens (primary N) is 1. The molecule has 0 radical (unpaired) electrons. The van der Waals surface area contributed by atoms with Gasteiger partial charge in [-0.15, -0.1) is 0 Å². The number of nitrogens with one attached hydrogen (secondary N) is 2. The van der Waals surface area contributed by atoms with Gasteiger partial charge in [0.2, 0.25) is 0 Å². The van der Waals surface area contributed by atoms with Gasteiger partial charge in [0.1, 0.15) is 18.4 Å². The van der Waals surface area contributed by atoms with Gasteiger partial charge in [-0.25, -0.2) is 5.48 Å². The molecule has 0 aliphatic heterocycles. The first-order valence-electron chi connectivity index (χ1n) is 7.73. The number of ether oxygens (including phenoxy) is 1. The Hall–Kier alpha value is -2.56. The van der Waals surface area contributed by atoms with Crippen LogP contribution in [0.25, 0.3) is 0 Å². The second-order valence-corrected chi connectivity index (χ2v) is 5.69. The van der Waals surface area contributed by atoms with E-state index in [9.17, 15) is 9.59 Å². The highest BCUT2D eigenvalue weighted by Gasteiger charge is 2.24. The molecule has 0 aromatic heterocycles. The molecule has 1 aromatic carbocycles. The highest BCUT2D eigenvalue weighted by molar-refractivity contribution is 5.97. The maximum atomic E-state index is 12.1. The lowest BCUT2D eigenvalue weighted by atomic mass is 10.1. The van der Waals surface area contributed by atoms with Crippen LogP contribution in [0.2, 0.25) is 0 Å². The second kappa shape index (κ2) is 8.34. The Morgan fingerprint density at radius 3 is 2.58 bits per heavy atom. The van der Waals surface area contributed by atoms with Crippen LogP contribution in [0.5, 0.6) is 5.75 Å².